The van der Waals surface area contributed by atoms with Gasteiger partial charge in [0.25, 0.3) is 0 Å². The fourth-order valence-electron chi connectivity index (χ4n) is 3.08. The number of nitrogens with zero attached hydrogens (tertiary/aromatic N) is 1. The molecule has 0 spiro atoms. The highest BCUT2D eigenvalue weighted by Crippen LogP contribution is 2.25. The van der Waals surface area contributed by atoms with Crippen LogP contribution in [0.2, 0.25) is 0 Å². The minimum Gasteiger partial charge on any atom is -0.324 e. The molecule has 0 saturated heterocycles. The van der Waals surface area contributed by atoms with E-state index in [-0.39, 0.29) is 16.7 Å². The highest BCUT2D eigenvalue weighted by atomic mass is 32.2. The van der Waals surface area contributed by atoms with Crippen LogP contribution in [0.15, 0.2) is 41.3 Å². The van der Waals surface area contributed by atoms with Gasteiger partial charge >= 0.3 is 0 Å². The van der Waals surface area contributed by atoms with Gasteiger partial charge in [0.1, 0.15) is 6.04 Å². The average Bonchev–Trinajstić information content (AvgIpc) is 3.01. The van der Waals surface area contributed by atoms with Crippen molar-refractivity contribution in [2.24, 2.45) is 5.92 Å². The van der Waals surface area contributed by atoms with E-state index in [0.717, 1.165) is 26.4 Å². The number of sulfonamides is 1. The van der Waals surface area contributed by atoms with Gasteiger partial charge in [0.05, 0.1) is 20.1 Å². The van der Waals surface area contributed by atoms with Crippen molar-refractivity contribution in [3.8, 4) is 0 Å². The molecule has 0 saturated carbocycles. The quantitative estimate of drug-likeness (QED) is 0.613. The van der Waals surface area contributed by atoms with Gasteiger partial charge < -0.3 is 5.32 Å². The summed E-state index contributed by atoms with van der Waals surface area (Å²) in [6.07, 6.45) is 0. The molecule has 0 fully saturated rings. The Morgan fingerprint density at radius 2 is 1.79 bits per heavy atom. The number of amides is 1. The average molecular weight is 432 g/mol. The lowest BCUT2D eigenvalue weighted by atomic mass is 10.0. The van der Waals surface area contributed by atoms with E-state index >= 15 is 0 Å². The molecule has 8 heteroatoms. The summed E-state index contributed by atoms with van der Waals surface area (Å²) >= 11 is 1.44. The summed E-state index contributed by atoms with van der Waals surface area (Å²) in [5.74, 6) is -0.616. The smallest absolute Gasteiger partial charge is 0.242 e. The molecule has 1 heterocycles. The van der Waals surface area contributed by atoms with Crippen LogP contribution in [0.3, 0.4) is 0 Å². The third-order valence-corrected chi connectivity index (χ3v) is 7.02. The summed E-state index contributed by atoms with van der Waals surface area (Å²) in [4.78, 5) is 17.3. The minimum absolute atomic E-state index is 0.124. The molecule has 0 aliphatic rings. The Labute approximate surface area is 175 Å². The summed E-state index contributed by atoms with van der Waals surface area (Å²) in [7, 11) is -3.87. The second kappa shape index (κ2) is 8.22. The van der Waals surface area contributed by atoms with E-state index < -0.39 is 16.1 Å². The van der Waals surface area contributed by atoms with Gasteiger partial charge in [-0.25, -0.2) is 13.4 Å². The maximum Gasteiger partial charge on any atom is 0.242 e. The first-order valence-corrected chi connectivity index (χ1v) is 11.6. The molecule has 1 atom stereocenters. The van der Waals surface area contributed by atoms with Crippen molar-refractivity contribution in [1.82, 2.24) is 9.71 Å². The molecule has 6 nitrogen and oxygen atoms in total. The Balaban J connectivity index is 1.85. The van der Waals surface area contributed by atoms with E-state index in [1.807, 2.05) is 52.8 Å². The number of thiazole rings is 1. The molecule has 0 bridgehead atoms. The van der Waals surface area contributed by atoms with Gasteiger partial charge in [0.15, 0.2) is 0 Å². The summed E-state index contributed by atoms with van der Waals surface area (Å²) in [5.41, 5.74) is 3.46. The lowest BCUT2D eigenvalue weighted by molar-refractivity contribution is -0.118. The van der Waals surface area contributed by atoms with Gasteiger partial charge in [-0.15, -0.1) is 11.3 Å². The molecule has 2 N–H and O–H groups in total. The standard InChI is InChI=1S/C21H25N3O3S2/c1-12(2)20(21(25)23-17-8-6-13(3)10-14(17)4)24-29(26,27)16-7-9-18-19(11-16)28-15(5)22-18/h6-12,20,24H,1-5H3,(H,23,25). The second-order valence-electron chi connectivity index (χ2n) is 7.51. The predicted octanol–water partition coefficient (Wildman–Crippen LogP) is 4.16. The molecule has 3 rings (SSSR count). The number of benzene rings is 2. The first kappa shape index (κ1) is 21.4. The Hall–Kier alpha value is -2.29. The Kier molecular flexibility index (Phi) is 6.07. The van der Waals surface area contributed by atoms with E-state index in [9.17, 15) is 13.2 Å². The van der Waals surface area contributed by atoms with Gasteiger partial charge in [-0.2, -0.15) is 4.72 Å². The van der Waals surface area contributed by atoms with E-state index in [1.54, 1.807) is 12.1 Å². The van der Waals surface area contributed by atoms with Gasteiger partial charge in [0.2, 0.25) is 15.9 Å². The number of nitrogens with one attached hydrogen (secondary N) is 2. The highest BCUT2D eigenvalue weighted by Gasteiger charge is 2.29. The van der Waals surface area contributed by atoms with Crippen LogP contribution in [0.5, 0.6) is 0 Å². The normalized spacial score (nSPS) is 13.0. The van der Waals surface area contributed by atoms with Crippen LogP contribution in [0.1, 0.15) is 30.0 Å². The Bertz CT molecular complexity index is 1170. The molecule has 0 radical (unpaired) electrons. The van der Waals surface area contributed by atoms with Crippen molar-refractivity contribution in [1.29, 1.82) is 0 Å². The third-order valence-electron chi connectivity index (χ3n) is 4.65. The first-order chi connectivity index (χ1) is 13.6. The number of hydrogen-bond donors (Lipinski definition) is 2. The van der Waals surface area contributed by atoms with E-state index in [0.29, 0.717) is 5.69 Å². The minimum atomic E-state index is -3.87. The molecular formula is C21H25N3O3S2. The maximum absolute atomic E-state index is 13.0. The molecule has 29 heavy (non-hydrogen) atoms. The van der Waals surface area contributed by atoms with Gasteiger partial charge in [0, 0.05) is 5.69 Å². The summed E-state index contributed by atoms with van der Waals surface area (Å²) in [5, 5.41) is 3.72. The topological polar surface area (TPSA) is 88.2 Å². The number of anilines is 1. The van der Waals surface area contributed by atoms with Gasteiger partial charge in [-0.05, 0) is 56.5 Å². The number of hydrogen-bond acceptors (Lipinski definition) is 5. The monoisotopic (exact) mass is 431 g/mol. The number of carbonyl (C=O) groups excluding carboxylic acids is 1. The van der Waals surface area contributed by atoms with Crippen molar-refractivity contribution in [2.75, 3.05) is 5.32 Å². The van der Waals surface area contributed by atoms with Crippen LogP contribution < -0.4 is 10.0 Å². The zero-order chi connectivity index (χ0) is 21.3. The van der Waals surface area contributed by atoms with Crippen molar-refractivity contribution < 1.29 is 13.2 Å². The number of fused-ring (bicyclic) bond motifs is 1. The lowest BCUT2D eigenvalue weighted by Gasteiger charge is -2.22. The Morgan fingerprint density at radius 3 is 2.45 bits per heavy atom. The molecule has 1 amide bonds. The number of aromatic nitrogens is 1. The molecule has 0 aliphatic heterocycles. The zero-order valence-electron chi connectivity index (χ0n) is 17.1. The van der Waals surface area contributed by atoms with Gasteiger partial charge in [-0.1, -0.05) is 31.5 Å². The fourth-order valence-corrected chi connectivity index (χ4v) is 5.39. The zero-order valence-corrected chi connectivity index (χ0v) is 18.7. The van der Waals surface area contributed by atoms with Crippen LogP contribution in [0.4, 0.5) is 5.69 Å². The van der Waals surface area contributed by atoms with Crippen LogP contribution in [-0.2, 0) is 14.8 Å². The van der Waals surface area contributed by atoms with Crippen molar-refractivity contribution >= 4 is 43.2 Å². The molecule has 0 aliphatic carbocycles. The molecule has 154 valence electrons. The van der Waals surface area contributed by atoms with Crippen molar-refractivity contribution in [3.05, 3.63) is 52.5 Å². The van der Waals surface area contributed by atoms with Crippen LogP contribution in [0.25, 0.3) is 10.2 Å². The maximum atomic E-state index is 13.0. The largest absolute Gasteiger partial charge is 0.324 e. The SMILES string of the molecule is Cc1ccc(NC(=O)C(NS(=O)(=O)c2ccc3nc(C)sc3c2)C(C)C)c(C)c1. The van der Waals surface area contributed by atoms with E-state index in [1.165, 1.54) is 17.4 Å². The predicted molar refractivity (Wildman–Crippen MR) is 118 cm³/mol. The molecule has 1 unspecified atom stereocenters. The van der Waals surface area contributed by atoms with Crippen molar-refractivity contribution in [2.45, 2.75) is 45.6 Å². The first-order valence-electron chi connectivity index (χ1n) is 9.34. The lowest BCUT2D eigenvalue weighted by Crippen LogP contribution is -2.47. The summed E-state index contributed by atoms with van der Waals surface area (Å²) in [6.45, 7) is 9.38. The highest BCUT2D eigenvalue weighted by molar-refractivity contribution is 7.89. The summed E-state index contributed by atoms with van der Waals surface area (Å²) in [6, 6.07) is 9.60. The fraction of sp³-hybridized carbons (Fsp3) is 0.333. The third kappa shape index (κ3) is 4.83. The number of aryl methyl sites for hydroxylation is 3. The van der Waals surface area contributed by atoms with Crippen LogP contribution >= 0.6 is 11.3 Å². The Morgan fingerprint density at radius 1 is 1.07 bits per heavy atom. The van der Waals surface area contributed by atoms with Crippen molar-refractivity contribution in [3.63, 3.8) is 0 Å². The van der Waals surface area contributed by atoms with E-state index in [4.69, 9.17) is 0 Å². The van der Waals surface area contributed by atoms with Gasteiger partial charge in [-0.3, -0.25) is 4.79 Å². The van der Waals surface area contributed by atoms with Crippen LogP contribution in [0, 0.1) is 26.7 Å². The summed E-state index contributed by atoms with van der Waals surface area (Å²) < 4.78 is 29.3. The molecule has 2 aromatic carbocycles. The molecular weight excluding hydrogens is 406 g/mol. The van der Waals surface area contributed by atoms with Crippen LogP contribution in [-0.4, -0.2) is 25.4 Å². The number of rotatable bonds is 6. The number of carbonyl (C=O) groups is 1. The molecule has 1 aromatic heterocycles. The van der Waals surface area contributed by atoms with E-state index in [2.05, 4.69) is 15.0 Å². The second-order valence-corrected chi connectivity index (χ2v) is 10.5. The molecule has 3 aromatic rings.